The average molecular weight is 380 g/mol. The summed E-state index contributed by atoms with van der Waals surface area (Å²) in [6, 6.07) is 13.8. The number of para-hydroxylation sites is 1. The molecule has 0 fully saturated rings. The summed E-state index contributed by atoms with van der Waals surface area (Å²) in [6.07, 6.45) is 0.592. The number of carbonyl (C=O) groups excluding carboxylic acids is 1. The van der Waals surface area contributed by atoms with Gasteiger partial charge >= 0.3 is 0 Å². The summed E-state index contributed by atoms with van der Waals surface area (Å²) in [5.41, 5.74) is 0. The van der Waals surface area contributed by atoms with Crippen LogP contribution in [0.25, 0.3) is 0 Å². The first kappa shape index (κ1) is 19.9. The smallest absolute Gasteiger partial charge is 0.243 e. The van der Waals surface area contributed by atoms with Crippen LogP contribution in [0.2, 0.25) is 0 Å². The van der Waals surface area contributed by atoms with Gasteiger partial charge in [-0.05, 0) is 42.8 Å². The van der Waals surface area contributed by atoms with E-state index in [-0.39, 0.29) is 11.4 Å². The van der Waals surface area contributed by atoms with Gasteiger partial charge in [0.25, 0.3) is 0 Å². The number of carbonyl (C=O) groups is 1. The van der Waals surface area contributed by atoms with Crippen molar-refractivity contribution in [3.63, 3.8) is 0 Å². The second-order valence-corrected chi connectivity index (χ2v) is 7.62. The second-order valence-electron chi connectivity index (χ2n) is 5.58. The molecule has 0 aliphatic carbocycles. The Bertz CT molecular complexity index is 811. The molecule has 0 aliphatic rings. The fourth-order valence-corrected chi connectivity index (χ4v) is 3.26. The summed E-state index contributed by atoms with van der Waals surface area (Å²) in [5.74, 6) is -0.191. The average Bonchev–Trinajstić information content (AvgIpc) is 2.62. The summed E-state index contributed by atoms with van der Waals surface area (Å²) < 4.78 is 44.0. The van der Waals surface area contributed by atoms with Gasteiger partial charge in [0.2, 0.25) is 15.9 Å². The van der Waals surface area contributed by atoms with Crippen LogP contribution >= 0.6 is 0 Å². The topological polar surface area (TPSA) is 75.7 Å². The van der Waals surface area contributed by atoms with E-state index in [0.29, 0.717) is 19.6 Å². The molecule has 0 heterocycles. The maximum absolute atomic E-state index is 12.9. The maximum atomic E-state index is 12.9. The molecule has 2 aromatic carbocycles. The van der Waals surface area contributed by atoms with Gasteiger partial charge in [0.15, 0.2) is 0 Å². The highest BCUT2D eigenvalue weighted by molar-refractivity contribution is 7.89. The molecule has 8 heteroatoms. The van der Waals surface area contributed by atoms with Crippen LogP contribution < -0.4 is 10.1 Å². The number of ether oxygens (including phenoxy) is 1. The second kappa shape index (κ2) is 9.30. The highest BCUT2D eigenvalue weighted by Gasteiger charge is 2.22. The molecule has 0 saturated heterocycles. The predicted molar refractivity (Wildman–Crippen MR) is 95.8 cm³/mol. The van der Waals surface area contributed by atoms with Gasteiger partial charge in [-0.2, -0.15) is 4.31 Å². The van der Waals surface area contributed by atoms with E-state index in [1.807, 2.05) is 30.3 Å². The number of rotatable bonds is 9. The van der Waals surface area contributed by atoms with Crippen molar-refractivity contribution in [1.29, 1.82) is 0 Å². The van der Waals surface area contributed by atoms with Gasteiger partial charge in [0, 0.05) is 13.6 Å². The normalized spacial score (nSPS) is 11.3. The molecule has 1 amide bonds. The zero-order valence-corrected chi connectivity index (χ0v) is 15.2. The third-order valence-corrected chi connectivity index (χ3v) is 5.36. The van der Waals surface area contributed by atoms with Crippen LogP contribution in [-0.4, -0.2) is 45.4 Å². The Morgan fingerprint density at radius 3 is 2.42 bits per heavy atom. The number of sulfonamides is 1. The van der Waals surface area contributed by atoms with Gasteiger partial charge in [0.1, 0.15) is 11.6 Å². The first-order chi connectivity index (χ1) is 12.4. The van der Waals surface area contributed by atoms with Crippen molar-refractivity contribution >= 4 is 15.9 Å². The lowest BCUT2D eigenvalue weighted by Gasteiger charge is -2.17. The largest absolute Gasteiger partial charge is 0.494 e. The SMILES string of the molecule is CN(CC(=O)NCCCOc1ccccc1)S(=O)(=O)c1ccc(F)cc1. The Labute approximate surface area is 152 Å². The molecular formula is C18H21FN2O4S. The van der Waals surface area contributed by atoms with E-state index in [4.69, 9.17) is 4.74 Å². The van der Waals surface area contributed by atoms with Crippen molar-refractivity contribution in [2.75, 3.05) is 26.7 Å². The van der Waals surface area contributed by atoms with Crippen LogP contribution in [0.3, 0.4) is 0 Å². The minimum atomic E-state index is -3.84. The van der Waals surface area contributed by atoms with E-state index in [9.17, 15) is 17.6 Å². The van der Waals surface area contributed by atoms with Gasteiger partial charge in [-0.3, -0.25) is 4.79 Å². The van der Waals surface area contributed by atoms with E-state index in [1.54, 1.807) is 0 Å². The molecule has 140 valence electrons. The zero-order chi connectivity index (χ0) is 19.0. The molecule has 0 aromatic heterocycles. The lowest BCUT2D eigenvalue weighted by molar-refractivity contribution is -0.121. The Morgan fingerprint density at radius 2 is 1.77 bits per heavy atom. The summed E-state index contributed by atoms with van der Waals surface area (Å²) in [4.78, 5) is 11.8. The molecule has 0 atom stereocenters. The summed E-state index contributed by atoms with van der Waals surface area (Å²) in [7, 11) is -2.54. The van der Waals surface area contributed by atoms with E-state index in [2.05, 4.69) is 5.32 Å². The summed E-state index contributed by atoms with van der Waals surface area (Å²) in [5, 5.41) is 2.65. The van der Waals surface area contributed by atoms with Crippen LogP contribution in [0.15, 0.2) is 59.5 Å². The number of amides is 1. The van der Waals surface area contributed by atoms with Gasteiger partial charge in [-0.1, -0.05) is 18.2 Å². The Kier molecular flexibility index (Phi) is 7.11. The van der Waals surface area contributed by atoms with Crippen molar-refractivity contribution in [3.8, 4) is 5.75 Å². The number of likely N-dealkylation sites (N-methyl/N-ethyl adjacent to an activating group) is 1. The number of hydrogen-bond acceptors (Lipinski definition) is 4. The fraction of sp³-hybridized carbons (Fsp3) is 0.278. The molecule has 2 rings (SSSR count). The molecule has 2 aromatic rings. The molecule has 6 nitrogen and oxygen atoms in total. The third kappa shape index (κ3) is 5.82. The highest BCUT2D eigenvalue weighted by atomic mass is 32.2. The van der Waals surface area contributed by atoms with Crippen LogP contribution in [0, 0.1) is 5.82 Å². The lowest BCUT2D eigenvalue weighted by Crippen LogP contribution is -2.38. The number of nitrogens with one attached hydrogen (secondary N) is 1. The monoisotopic (exact) mass is 380 g/mol. The number of hydrogen-bond donors (Lipinski definition) is 1. The van der Waals surface area contributed by atoms with Gasteiger partial charge in [-0.15, -0.1) is 0 Å². The van der Waals surface area contributed by atoms with Crippen molar-refractivity contribution in [1.82, 2.24) is 9.62 Å². The quantitative estimate of drug-likeness (QED) is 0.676. The number of nitrogens with zero attached hydrogens (tertiary/aromatic N) is 1. The molecule has 0 aliphatic heterocycles. The number of benzene rings is 2. The summed E-state index contributed by atoms with van der Waals surface area (Å²) >= 11 is 0. The van der Waals surface area contributed by atoms with Gasteiger partial charge < -0.3 is 10.1 Å². The first-order valence-corrected chi connectivity index (χ1v) is 9.50. The molecule has 0 radical (unpaired) electrons. The molecule has 0 saturated carbocycles. The fourth-order valence-electron chi connectivity index (χ4n) is 2.14. The molecular weight excluding hydrogens is 359 g/mol. The minimum Gasteiger partial charge on any atom is -0.494 e. The van der Waals surface area contributed by atoms with Crippen molar-refractivity contribution in [2.24, 2.45) is 0 Å². The zero-order valence-electron chi connectivity index (χ0n) is 14.4. The third-order valence-electron chi connectivity index (χ3n) is 3.54. The standard InChI is InChI=1S/C18H21FN2O4S/c1-21(26(23,24)17-10-8-15(19)9-11-17)14-18(22)20-12-5-13-25-16-6-3-2-4-7-16/h2-4,6-11H,5,12-14H2,1H3,(H,20,22). The van der Waals surface area contributed by atoms with Crippen LogP contribution in [-0.2, 0) is 14.8 Å². The molecule has 0 spiro atoms. The van der Waals surface area contributed by atoms with E-state index >= 15 is 0 Å². The molecule has 0 bridgehead atoms. The van der Waals surface area contributed by atoms with E-state index < -0.39 is 21.7 Å². The van der Waals surface area contributed by atoms with E-state index in [0.717, 1.165) is 22.2 Å². The Morgan fingerprint density at radius 1 is 1.12 bits per heavy atom. The predicted octanol–water partition coefficient (Wildman–Crippen LogP) is 2.03. The van der Waals surface area contributed by atoms with Crippen LogP contribution in [0.1, 0.15) is 6.42 Å². The lowest BCUT2D eigenvalue weighted by atomic mass is 10.3. The molecule has 0 unspecified atom stereocenters. The van der Waals surface area contributed by atoms with Crippen LogP contribution in [0.4, 0.5) is 4.39 Å². The molecule has 26 heavy (non-hydrogen) atoms. The van der Waals surface area contributed by atoms with Crippen LogP contribution in [0.5, 0.6) is 5.75 Å². The number of halogens is 1. The first-order valence-electron chi connectivity index (χ1n) is 8.06. The highest BCUT2D eigenvalue weighted by Crippen LogP contribution is 2.14. The van der Waals surface area contributed by atoms with Gasteiger partial charge in [-0.25, -0.2) is 12.8 Å². The maximum Gasteiger partial charge on any atom is 0.243 e. The van der Waals surface area contributed by atoms with Crippen molar-refractivity contribution in [3.05, 3.63) is 60.4 Å². The summed E-state index contributed by atoms with van der Waals surface area (Å²) in [6.45, 7) is 0.489. The minimum absolute atomic E-state index is 0.0644. The van der Waals surface area contributed by atoms with Crippen molar-refractivity contribution in [2.45, 2.75) is 11.3 Å². The van der Waals surface area contributed by atoms with Crippen molar-refractivity contribution < 1.29 is 22.3 Å². The van der Waals surface area contributed by atoms with Gasteiger partial charge in [0.05, 0.1) is 18.0 Å². The Hall–Kier alpha value is -2.45. The Balaban J connectivity index is 1.73. The van der Waals surface area contributed by atoms with E-state index in [1.165, 1.54) is 19.2 Å². The molecule has 1 N–H and O–H groups in total.